The van der Waals surface area contributed by atoms with Crippen LogP contribution in [0.15, 0.2) is 67.1 Å². The zero-order valence-corrected chi connectivity index (χ0v) is 20.5. The van der Waals surface area contributed by atoms with E-state index in [0.29, 0.717) is 51.6 Å². The summed E-state index contributed by atoms with van der Waals surface area (Å²) < 4.78 is 13.7. The van der Waals surface area contributed by atoms with E-state index in [1.165, 1.54) is 6.33 Å². The number of carbonyl (C=O) groups excluding carboxylic acids is 1. The van der Waals surface area contributed by atoms with Crippen molar-refractivity contribution < 1.29 is 19.1 Å². The number of hydrogen-bond acceptors (Lipinski definition) is 8. The Kier molecular flexibility index (Phi) is 6.46. The van der Waals surface area contributed by atoms with Crippen molar-refractivity contribution in [2.24, 2.45) is 5.92 Å². The molecule has 2 fully saturated rings. The maximum Gasteiger partial charge on any atom is 0.328 e. The summed E-state index contributed by atoms with van der Waals surface area (Å²) in [5.41, 5.74) is 10.0. The number of nitrogen functional groups attached to an aromatic ring is 1. The first-order valence-electron chi connectivity index (χ1n) is 12.6. The van der Waals surface area contributed by atoms with Gasteiger partial charge in [0.2, 0.25) is 0 Å². The van der Waals surface area contributed by atoms with Gasteiger partial charge in [0.15, 0.2) is 0 Å². The van der Waals surface area contributed by atoms with Crippen molar-refractivity contribution >= 4 is 22.8 Å². The van der Waals surface area contributed by atoms with Crippen molar-refractivity contribution in [2.75, 3.05) is 32.0 Å². The molecule has 2 aromatic heterocycles. The molecule has 0 atom stereocenters. The van der Waals surface area contributed by atoms with Crippen molar-refractivity contribution in [3.05, 3.63) is 72.7 Å². The zero-order valence-electron chi connectivity index (χ0n) is 20.5. The second-order valence-corrected chi connectivity index (χ2v) is 9.45. The van der Waals surface area contributed by atoms with Crippen LogP contribution in [0.1, 0.15) is 24.4 Å². The summed E-state index contributed by atoms with van der Waals surface area (Å²) in [4.78, 5) is 27.1. The topological polar surface area (TPSA) is 105 Å². The number of hydroxylamine groups is 2. The first-order valence-corrected chi connectivity index (χ1v) is 12.6. The molecule has 1 saturated heterocycles. The fourth-order valence-electron chi connectivity index (χ4n) is 4.99. The number of nitrogens with zero attached hydrogens (tertiary/aromatic N) is 4. The number of para-hydroxylation sites is 1. The van der Waals surface area contributed by atoms with Crippen LogP contribution in [0, 0.1) is 5.92 Å². The molecule has 6 rings (SSSR count). The van der Waals surface area contributed by atoms with Gasteiger partial charge in [-0.05, 0) is 24.5 Å². The Morgan fingerprint density at radius 2 is 1.76 bits per heavy atom. The minimum Gasteiger partial charge on any atom is -0.488 e. The number of carbonyl (C=O) groups is 1. The van der Waals surface area contributed by atoms with Gasteiger partial charge >= 0.3 is 5.97 Å². The number of benzene rings is 2. The maximum atomic E-state index is 12.7. The largest absolute Gasteiger partial charge is 0.488 e. The van der Waals surface area contributed by atoms with Gasteiger partial charge in [-0.3, -0.25) is 4.79 Å². The van der Waals surface area contributed by atoms with Crippen LogP contribution in [0.3, 0.4) is 0 Å². The molecule has 0 unspecified atom stereocenters. The highest BCUT2D eigenvalue weighted by molar-refractivity contribution is 6.01. The molecule has 0 spiro atoms. The number of fused-ring (bicyclic) bond motifs is 1. The van der Waals surface area contributed by atoms with E-state index in [4.69, 9.17) is 20.0 Å². The Hall–Kier alpha value is -3.95. The zero-order chi connectivity index (χ0) is 25.2. The highest BCUT2D eigenvalue weighted by Crippen LogP contribution is 2.44. The van der Waals surface area contributed by atoms with Crippen LogP contribution in [-0.4, -0.2) is 51.9 Å². The lowest BCUT2D eigenvalue weighted by molar-refractivity contribution is -0.213. The molecule has 0 bridgehead atoms. The van der Waals surface area contributed by atoms with E-state index in [0.717, 1.165) is 33.5 Å². The van der Waals surface area contributed by atoms with Gasteiger partial charge in [-0.2, -0.15) is 0 Å². The minimum absolute atomic E-state index is 0.116. The normalized spacial score (nSPS) is 19.9. The highest BCUT2D eigenvalue weighted by atomic mass is 16.7. The summed E-state index contributed by atoms with van der Waals surface area (Å²) >= 11 is 0. The molecule has 2 aliphatic rings. The number of hydrogen-bond donors (Lipinski definition) is 1. The van der Waals surface area contributed by atoms with Crippen molar-refractivity contribution in [1.82, 2.24) is 19.6 Å². The van der Waals surface area contributed by atoms with Crippen LogP contribution in [0.2, 0.25) is 0 Å². The summed E-state index contributed by atoms with van der Waals surface area (Å²) in [6.07, 6.45) is 4.91. The Labute approximate surface area is 214 Å². The first-order chi connectivity index (χ1) is 18.2. The summed E-state index contributed by atoms with van der Waals surface area (Å²) in [6.45, 7) is 2.83. The maximum absolute atomic E-state index is 12.7. The summed E-state index contributed by atoms with van der Waals surface area (Å²) in [5.74, 6) is 0.853. The highest BCUT2D eigenvalue weighted by Gasteiger charge is 2.39. The lowest BCUT2D eigenvalue weighted by atomic mass is 9.80. The second kappa shape index (κ2) is 10.2. The molecule has 1 saturated carbocycles. The fourth-order valence-corrected chi connectivity index (χ4v) is 4.99. The van der Waals surface area contributed by atoms with E-state index in [1.807, 2.05) is 54.6 Å². The van der Waals surface area contributed by atoms with Crippen molar-refractivity contribution in [3.8, 4) is 16.9 Å². The van der Waals surface area contributed by atoms with E-state index in [-0.39, 0.29) is 17.9 Å². The predicted molar refractivity (Wildman–Crippen MR) is 138 cm³/mol. The molecular weight excluding hydrogens is 470 g/mol. The lowest BCUT2D eigenvalue weighted by Crippen LogP contribution is -2.42. The monoisotopic (exact) mass is 499 g/mol. The van der Waals surface area contributed by atoms with Gasteiger partial charge in [-0.25, -0.2) is 9.97 Å². The molecule has 9 nitrogen and oxygen atoms in total. The average molecular weight is 500 g/mol. The molecule has 1 aliphatic heterocycles. The Bertz CT molecular complexity index is 1390. The fraction of sp³-hybridized carbons (Fsp3) is 0.321. The van der Waals surface area contributed by atoms with Crippen LogP contribution in [0.4, 0.5) is 5.82 Å². The molecule has 2 N–H and O–H groups in total. The molecule has 37 heavy (non-hydrogen) atoms. The Morgan fingerprint density at radius 1 is 1.00 bits per heavy atom. The number of aromatic nitrogens is 3. The predicted octanol–water partition coefficient (Wildman–Crippen LogP) is 4.00. The third kappa shape index (κ3) is 4.75. The molecule has 3 heterocycles. The Morgan fingerprint density at radius 3 is 2.57 bits per heavy atom. The summed E-state index contributed by atoms with van der Waals surface area (Å²) in [7, 11) is 0. The molecule has 0 amide bonds. The van der Waals surface area contributed by atoms with E-state index < -0.39 is 0 Å². The molecule has 1 aliphatic carbocycles. The number of anilines is 1. The number of ether oxygens (including phenoxy) is 2. The smallest absolute Gasteiger partial charge is 0.328 e. The van der Waals surface area contributed by atoms with Crippen LogP contribution in [0.5, 0.6) is 5.75 Å². The van der Waals surface area contributed by atoms with Crippen LogP contribution >= 0.6 is 0 Å². The van der Waals surface area contributed by atoms with E-state index >= 15 is 0 Å². The van der Waals surface area contributed by atoms with Crippen LogP contribution in [0.25, 0.3) is 22.2 Å². The number of morpholine rings is 1. The average Bonchev–Trinajstić information content (AvgIpc) is 3.28. The minimum atomic E-state index is -0.177. The van der Waals surface area contributed by atoms with Crippen molar-refractivity contribution in [1.29, 1.82) is 0 Å². The van der Waals surface area contributed by atoms with Gasteiger partial charge in [0.05, 0.1) is 37.6 Å². The van der Waals surface area contributed by atoms with E-state index in [9.17, 15) is 4.79 Å². The Balaban J connectivity index is 1.25. The van der Waals surface area contributed by atoms with Crippen LogP contribution < -0.4 is 10.5 Å². The number of rotatable bonds is 7. The summed E-state index contributed by atoms with van der Waals surface area (Å²) in [5, 5.41) is 2.49. The van der Waals surface area contributed by atoms with E-state index in [2.05, 4.69) is 20.7 Å². The quantitative estimate of drug-likeness (QED) is 0.407. The van der Waals surface area contributed by atoms with Crippen molar-refractivity contribution in [2.45, 2.75) is 25.5 Å². The van der Waals surface area contributed by atoms with Gasteiger partial charge in [-0.15, -0.1) is 5.06 Å². The van der Waals surface area contributed by atoms with E-state index in [1.54, 1.807) is 5.06 Å². The van der Waals surface area contributed by atoms with Crippen molar-refractivity contribution in [3.63, 3.8) is 0 Å². The van der Waals surface area contributed by atoms with Gasteiger partial charge in [0, 0.05) is 23.4 Å². The molecule has 4 aromatic rings. The standard InChI is InChI=1S/C28H29N5O4/c29-26-25-23(22-8-4-5-9-24(22)36-17-19-6-2-1-3-7-19)16-33(27(25)31-18-30-26)21-14-20(15-21)28(34)37-32-10-12-35-13-11-32/h1-9,16,18,20-21H,10-15,17H2,(H2,29,30,31). The van der Waals surface area contributed by atoms with Gasteiger partial charge in [0.1, 0.15) is 30.1 Å². The van der Waals surface area contributed by atoms with Gasteiger partial charge in [-0.1, -0.05) is 48.5 Å². The summed E-state index contributed by atoms with van der Waals surface area (Å²) in [6, 6.07) is 18.1. The molecule has 190 valence electrons. The molecule has 0 radical (unpaired) electrons. The molecular formula is C28H29N5O4. The lowest BCUT2D eigenvalue weighted by Gasteiger charge is -2.36. The second-order valence-electron chi connectivity index (χ2n) is 9.45. The van der Waals surface area contributed by atoms with Crippen LogP contribution in [-0.2, 0) is 21.0 Å². The SMILES string of the molecule is Nc1ncnc2c1c(-c1ccccc1OCc1ccccc1)cn2C1CC(C(=O)ON2CCOCC2)C1. The third-order valence-corrected chi connectivity index (χ3v) is 7.08. The molecule has 9 heteroatoms. The third-order valence-electron chi connectivity index (χ3n) is 7.08. The first kappa shape index (κ1) is 23.4. The van der Waals surface area contributed by atoms with Gasteiger partial charge < -0.3 is 24.6 Å². The molecule has 2 aromatic carbocycles. The van der Waals surface area contributed by atoms with Gasteiger partial charge in [0.25, 0.3) is 0 Å². The number of nitrogens with two attached hydrogens (primary N) is 1.